The molecular weight excluding hydrogens is 302 g/mol. The van der Waals surface area contributed by atoms with Crippen LogP contribution in [0.5, 0.6) is 0 Å². The summed E-state index contributed by atoms with van der Waals surface area (Å²) in [5.41, 5.74) is 6.03. The van der Waals surface area contributed by atoms with Crippen molar-refractivity contribution in [2.24, 2.45) is 0 Å². The zero-order valence-electron chi connectivity index (χ0n) is 13.5. The molecule has 0 aliphatic rings. The second-order valence-electron chi connectivity index (χ2n) is 5.67. The quantitative estimate of drug-likeness (QED) is 0.658. The summed E-state index contributed by atoms with van der Waals surface area (Å²) in [6.07, 6.45) is 5.97. The molecule has 4 heteroatoms. The van der Waals surface area contributed by atoms with Gasteiger partial charge in [-0.05, 0) is 56.0 Å². The molecule has 0 bridgehead atoms. The average Bonchev–Trinajstić information content (AvgIpc) is 3.00. The maximum atomic E-state index is 4.55. The molecule has 0 fully saturated rings. The summed E-state index contributed by atoms with van der Waals surface area (Å²) < 4.78 is 0. The second-order valence-corrected chi connectivity index (χ2v) is 6.73. The van der Waals surface area contributed by atoms with Gasteiger partial charge in [0.1, 0.15) is 0 Å². The lowest BCUT2D eigenvalue weighted by molar-refractivity contribution is 0.851. The van der Waals surface area contributed by atoms with Gasteiger partial charge in [-0.3, -0.25) is 4.98 Å². The summed E-state index contributed by atoms with van der Waals surface area (Å²) in [7, 11) is 0. The molecule has 3 rings (SSSR count). The van der Waals surface area contributed by atoms with Crippen LogP contribution in [0.1, 0.15) is 22.6 Å². The highest BCUT2D eigenvalue weighted by molar-refractivity contribution is 7.09. The number of anilines is 1. The summed E-state index contributed by atoms with van der Waals surface area (Å²) in [6.45, 7) is 5.13. The van der Waals surface area contributed by atoms with Gasteiger partial charge in [0.2, 0.25) is 0 Å². The van der Waals surface area contributed by atoms with Crippen molar-refractivity contribution in [3.63, 3.8) is 0 Å². The predicted molar refractivity (Wildman–Crippen MR) is 98.1 cm³/mol. The Balaban J connectivity index is 1.56. The van der Waals surface area contributed by atoms with Gasteiger partial charge in [0.25, 0.3) is 0 Å². The van der Waals surface area contributed by atoms with Crippen LogP contribution in [-0.4, -0.2) is 16.5 Å². The van der Waals surface area contributed by atoms with Gasteiger partial charge in [-0.15, -0.1) is 11.3 Å². The van der Waals surface area contributed by atoms with Crippen LogP contribution in [0.3, 0.4) is 0 Å². The first-order chi connectivity index (χ1) is 11.2. The van der Waals surface area contributed by atoms with Crippen LogP contribution in [0.2, 0.25) is 0 Å². The molecule has 1 aromatic carbocycles. The van der Waals surface area contributed by atoms with Gasteiger partial charge in [0, 0.05) is 35.6 Å². The molecule has 0 spiro atoms. The first kappa shape index (κ1) is 15.7. The van der Waals surface area contributed by atoms with Crippen molar-refractivity contribution in [3.8, 4) is 11.3 Å². The third-order valence-corrected chi connectivity index (χ3v) is 4.65. The van der Waals surface area contributed by atoms with Gasteiger partial charge >= 0.3 is 0 Å². The normalized spacial score (nSPS) is 10.7. The van der Waals surface area contributed by atoms with Crippen molar-refractivity contribution in [1.29, 1.82) is 0 Å². The highest BCUT2D eigenvalue weighted by Gasteiger charge is 2.03. The lowest BCUT2D eigenvalue weighted by atomic mass is 10.1. The number of hydrogen-bond acceptors (Lipinski definition) is 4. The van der Waals surface area contributed by atoms with Gasteiger partial charge in [0.15, 0.2) is 0 Å². The van der Waals surface area contributed by atoms with Crippen molar-refractivity contribution < 1.29 is 0 Å². The minimum absolute atomic E-state index is 0.952. The molecule has 118 valence electrons. The second kappa shape index (κ2) is 7.38. The van der Waals surface area contributed by atoms with E-state index in [9.17, 15) is 0 Å². The molecule has 0 radical (unpaired) electrons. The minimum atomic E-state index is 0.952. The average molecular weight is 323 g/mol. The van der Waals surface area contributed by atoms with Gasteiger partial charge < -0.3 is 5.32 Å². The van der Waals surface area contributed by atoms with E-state index >= 15 is 0 Å². The Bertz CT molecular complexity index is 780. The third-order valence-electron chi connectivity index (χ3n) is 3.88. The molecule has 0 saturated heterocycles. The Morgan fingerprint density at radius 1 is 1.17 bits per heavy atom. The minimum Gasteiger partial charge on any atom is -0.385 e. The van der Waals surface area contributed by atoms with Crippen LogP contribution in [0.25, 0.3) is 11.3 Å². The molecule has 0 atom stereocenters. The highest BCUT2D eigenvalue weighted by Crippen LogP contribution is 2.24. The number of nitrogens with zero attached hydrogens (tertiary/aromatic N) is 2. The van der Waals surface area contributed by atoms with Crippen molar-refractivity contribution in [2.75, 3.05) is 11.9 Å². The molecule has 0 aliphatic carbocycles. The zero-order valence-corrected chi connectivity index (χ0v) is 14.4. The number of benzene rings is 1. The number of thiazole rings is 1. The lowest BCUT2D eigenvalue weighted by Crippen LogP contribution is -2.03. The van der Waals surface area contributed by atoms with E-state index in [1.54, 1.807) is 11.3 Å². The Hall–Kier alpha value is -2.20. The monoisotopic (exact) mass is 323 g/mol. The maximum Gasteiger partial charge on any atom is 0.0901 e. The van der Waals surface area contributed by atoms with E-state index in [0.29, 0.717) is 0 Å². The Morgan fingerprint density at radius 3 is 2.87 bits per heavy atom. The smallest absolute Gasteiger partial charge is 0.0901 e. The summed E-state index contributed by atoms with van der Waals surface area (Å²) in [5.74, 6) is 0. The zero-order chi connectivity index (χ0) is 16.1. The van der Waals surface area contributed by atoms with E-state index in [2.05, 4.69) is 57.9 Å². The molecule has 0 saturated carbocycles. The first-order valence-electron chi connectivity index (χ1n) is 7.88. The van der Waals surface area contributed by atoms with Crippen molar-refractivity contribution >= 4 is 17.0 Å². The van der Waals surface area contributed by atoms with Crippen molar-refractivity contribution in [2.45, 2.75) is 26.7 Å². The van der Waals surface area contributed by atoms with Gasteiger partial charge in [-0.2, -0.15) is 0 Å². The first-order valence-corrected chi connectivity index (χ1v) is 8.76. The van der Waals surface area contributed by atoms with E-state index in [1.165, 1.54) is 16.7 Å². The van der Waals surface area contributed by atoms with Gasteiger partial charge in [0.05, 0.1) is 10.7 Å². The predicted octanol–water partition coefficient (Wildman–Crippen LogP) is 4.87. The summed E-state index contributed by atoms with van der Waals surface area (Å²) in [5, 5.41) is 6.72. The van der Waals surface area contributed by atoms with Crippen LogP contribution >= 0.6 is 11.3 Å². The van der Waals surface area contributed by atoms with E-state index in [4.69, 9.17) is 0 Å². The van der Waals surface area contributed by atoms with Gasteiger partial charge in [-0.1, -0.05) is 12.1 Å². The van der Waals surface area contributed by atoms with Crippen molar-refractivity contribution in [1.82, 2.24) is 9.97 Å². The Kier molecular flexibility index (Phi) is 5.03. The number of nitrogens with one attached hydrogen (secondary N) is 1. The standard InChI is InChI=1S/C19H21N3S/c1-14-8-10-20-12-17(14)6-4-9-21-18-7-3-5-16(11-18)19-13-23-15(2)22-19/h3,5,7-8,10-13,21H,4,6,9H2,1-2H3. The van der Waals surface area contributed by atoms with Crippen LogP contribution in [0.15, 0.2) is 48.1 Å². The Labute approximate surface area is 141 Å². The number of pyridine rings is 1. The van der Waals surface area contributed by atoms with E-state index in [0.717, 1.165) is 35.8 Å². The fourth-order valence-electron chi connectivity index (χ4n) is 2.55. The SMILES string of the molecule is Cc1nc(-c2cccc(NCCCc3cnccc3C)c2)cs1. The van der Waals surface area contributed by atoms with Crippen molar-refractivity contribution in [3.05, 3.63) is 64.2 Å². The number of hydrogen-bond donors (Lipinski definition) is 1. The molecule has 3 aromatic rings. The molecule has 1 N–H and O–H groups in total. The van der Waals surface area contributed by atoms with Crippen LogP contribution in [-0.2, 0) is 6.42 Å². The van der Waals surface area contributed by atoms with E-state index < -0.39 is 0 Å². The highest BCUT2D eigenvalue weighted by atomic mass is 32.1. The molecule has 23 heavy (non-hydrogen) atoms. The molecule has 2 heterocycles. The molecule has 2 aromatic heterocycles. The molecule has 0 unspecified atom stereocenters. The fourth-order valence-corrected chi connectivity index (χ4v) is 3.18. The van der Waals surface area contributed by atoms with Crippen LogP contribution in [0.4, 0.5) is 5.69 Å². The molecular formula is C19H21N3S. The van der Waals surface area contributed by atoms with Crippen LogP contribution in [0, 0.1) is 13.8 Å². The number of aryl methyl sites for hydroxylation is 3. The molecule has 3 nitrogen and oxygen atoms in total. The largest absolute Gasteiger partial charge is 0.385 e. The summed E-state index contributed by atoms with van der Waals surface area (Å²) >= 11 is 1.69. The van der Waals surface area contributed by atoms with Gasteiger partial charge in [-0.25, -0.2) is 4.98 Å². The fraction of sp³-hybridized carbons (Fsp3) is 0.263. The van der Waals surface area contributed by atoms with E-state index in [-0.39, 0.29) is 0 Å². The summed E-state index contributed by atoms with van der Waals surface area (Å²) in [6, 6.07) is 10.5. The lowest BCUT2D eigenvalue weighted by Gasteiger charge is -2.09. The molecule has 0 amide bonds. The number of rotatable bonds is 6. The topological polar surface area (TPSA) is 37.8 Å². The maximum absolute atomic E-state index is 4.55. The molecule has 0 aliphatic heterocycles. The third kappa shape index (κ3) is 4.17. The summed E-state index contributed by atoms with van der Waals surface area (Å²) in [4.78, 5) is 8.75. The number of aromatic nitrogens is 2. The Morgan fingerprint density at radius 2 is 2.09 bits per heavy atom. The van der Waals surface area contributed by atoms with Crippen LogP contribution < -0.4 is 5.32 Å². The van der Waals surface area contributed by atoms with E-state index in [1.807, 2.05) is 19.3 Å².